The van der Waals surface area contributed by atoms with Crippen molar-refractivity contribution in [2.45, 2.75) is 45.7 Å². The summed E-state index contributed by atoms with van der Waals surface area (Å²) >= 11 is 0. The van der Waals surface area contributed by atoms with Gasteiger partial charge in [-0.3, -0.25) is 19.7 Å². The number of nitro benzene ring substituents is 1. The summed E-state index contributed by atoms with van der Waals surface area (Å²) < 4.78 is 9.84. The standard InChI is InChI=1S/C23H32N6O8/c1-4-6-15(13-36-23(33)37-17-10-8-16(9-11-17)29(34)35)27-20(30)18(7-5-12-26-22(25)32)28-21(31)19(24)14(2)3/h4,6,8-11,13-14,18-19H,5,7,12,24H2,1-3H3,(H,27,30)(H,28,31)(H3,25,26,32)/b6-4-,15-13+/t18-,19-/m0/s1. The Morgan fingerprint density at radius 1 is 1.14 bits per heavy atom. The molecule has 0 spiro atoms. The van der Waals surface area contributed by atoms with E-state index in [1.54, 1.807) is 26.8 Å². The van der Waals surface area contributed by atoms with Crippen molar-refractivity contribution in [3.8, 4) is 5.75 Å². The van der Waals surface area contributed by atoms with Crippen molar-refractivity contribution in [1.82, 2.24) is 16.0 Å². The SMILES string of the molecule is C/C=C\C(=C/OC(=O)Oc1ccc([N+](=O)[O-])cc1)NC(=O)[C@H](CCCNC(N)=O)NC(=O)[C@@H](N)C(C)C. The molecule has 14 heteroatoms. The van der Waals surface area contributed by atoms with Crippen molar-refractivity contribution in [3.05, 3.63) is 58.5 Å². The molecule has 0 aromatic heterocycles. The Balaban J connectivity index is 2.87. The molecule has 0 aliphatic heterocycles. The number of non-ortho nitro benzene ring substituents is 1. The maximum atomic E-state index is 12.9. The van der Waals surface area contributed by atoms with Gasteiger partial charge >= 0.3 is 12.2 Å². The minimum absolute atomic E-state index is 0.00876. The number of primary amides is 1. The summed E-state index contributed by atoms with van der Waals surface area (Å²) in [4.78, 5) is 58.3. The van der Waals surface area contributed by atoms with E-state index in [0.29, 0.717) is 6.42 Å². The number of hydrogen-bond acceptors (Lipinski definition) is 9. The average molecular weight is 521 g/mol. The minimum atomic E-state index is -1.16. The Labute approximate surface area is 213 Å². The molecule has 7 N–H and O–H groups in total. The Kier molecular flexibility index (Phi) is 12.8. The molecule has 1 aromatic carbocycles. The van der Waals surface area contributed by atoms with Gasteiger partial charge in [-0.1, -0.05) is 19.9 Å². The zero-order valence-electron chi connectivity index (χ0n) is 20.8. The van der Waals surface area contributed by atoms with E-state index in [1.165, 1.54) is 18.2 Å². The molecular formula is C23H32N6O8. The van der Waals surface area contributed by atoms with Crippen LogP contribution in [0.1, 0.15) is 33.6 Å². The molecule has 1 aromatic rings. The van der Waals surface area contributed by atoms with Gasteiger partial charge in [0.1, 0.15) is 18.1 Å². The quantitative estimate of drug-likeness (QED) is 0.0484. The van der Waals surface area contributed by atoms with Crippen LogP contribution < -0.4 is 32.2 Å². The first-order valence-electron chi connectivity index (χ1n) is 11.3. The van der Waals surface area contributed by atoms with Gasteiger partial charge in [0.05, 0.1) is 16.7 Å². The van der Waals surface area contributed by atoms with Gasteiger partial charge in [0.2, 0.25) is 11.8 Å². The topological polar surface area (TPSA) is 218 Å². The fourth-order valence-electron chi connectivity index (χ4n) is 2.74. The molecule has 2 atom stereocenters. The highest BCUT2D eigenvalue weighted by atomic mass is 16.7. The summed E-state index contributed by atoms with van der Waals surface area (Å²) in [5.74, 6) is -1.32. The Morgan fingerprint density at radius 2 is 1.78 bits per heavy atom. The number of nitro groups is 1. The van der Waals surface area contributed by atoms with Crippen LogP contribution in [0.4, 0.5) is 15.3 Å². The second-order valence-electron chi connectivity index (χ2n) is 8.05. The highest BCUT2D eigenvalue weighted by molar-refractivity contribution is 5.90. The van der Waals surface area contributed by atoms with E-state index in [1.807, 2.05) is 0 Å². The highest BCUT2D eigenvalue weighted by Gasteiger charge is 2.25. The van der Waals surface area contributed by atoms with Gasteiger partial charge in [0.15, 0.2) is 0 Å². The number of nitrogens with one attached hydrogen (secondary N) is 3. The average Bonchev–Trinajstić information content (AvgIpc) is 2.83. The second-order valence-corrected chi connectivity index (χ2v) is 8.05. The van der Waals surface area contributed by atoms with Crippen LogP contribution >= 0.6 is 0 Å². The van der Waals surface area contributed by atoms with Crippen molar-refractivity contribution in [1.29, 1.82) is 0 Å². The zero-order valence-corrected chi connectivity index (χ0v) is 20.8. The summed E-state index contributed by atoms with van der Waals surface area (Å²) in [5, 5.41) is 18.2. The van der Waals surface area contributed by atoms with Gasteiger partial charge in [0.25, 0.3) is 5.69 Å². The molecular weight excluding hydrogens is 488 g/mol. The first-order valence-corrected chi connectivity index (χ1v) is 11.3. The minimum Gasteiger partial charge on any atom is -0.400 e. The van der Waals surface area contributed by atoms with E-state index >= 15 is 0 Å². The number of allylic oxidation sites excluding steroid dienone is 2. The molecule has 0 aliphatic rings. The number of carbonyl (C=O) groups excluding carboxylic acids is 4. The smallest absolute Gasteiger partial charge is 0.400 e. The number of ether oxygens (including phenoxy) is 2. The number of nitrogens with two attached hydrogens (primary N) is 2. The van der Waals surface area contributed by atoms with Crippen LogP contribution in [0.25, 0.3) is 0 Å². The third-order valence-corrected chi connectivity index (χ3v) is 4.77. The lowest BCUT2D eigenvalue weighted by molar-refractivity contribution is -0.384. The fourth-order valence-corrected chi connectivity index (χ4v) is 2.74. The van der Waals surface area contributed by atoms with Crippen molar-refractivity contribution in [3.63, 3.8) is 0 Å². The van der Waals surface area contributed by atoms with Gasteiger partial charge in [-0.25, -0.2) is 9.59 Å². The Morgan fingerprint density at radius 3 is 2.32 bits per heavy atom. The van der Waals surface area contributed by atoms with Crippen LogP contribution in [0.3, 0.4) is 0 Å². The Bertz CT molecular complexity index is 1020. The first-order chi connectivity index (χ1) is 17.4. The summed E-state index contributed by atoms with van der Waals surface area (Å²) in [6, 6.07) is 2.17. The van der Waals surface area contributed by atoms with Gasteiger partial charge in [-0.2, -0.15) is 0 Å². The lowest BCUT2D eigenvalue weighted by atomic mass is 10.0. The van der Waals surface area contributed by atoms with Crippen molar-refractivity contribution < 1.29 is 33.6 Å². The van der Waals surface area contributed by atoms with E-state index in [0.717, 1.165) is 18.4 Å². The third-order valence-electron chi connectivity index (χ3n) is 4.77. The lowest BCUT2D eigenvalue weighted by Gasteiger charge is -2.22. The van der Waals surface area contributed by atoms with Gasteiger partial charge in [-0.15, -0.1) is 0 Å². The molecule has 202 valence electrons. The molecule has 14 nitrogen and oxygen atoms in total. The lowest BCUT2D eigenvalue weighted by Crippen LogP contribution is -2.52. The summed E-state index contributed by atoms with van der Waals surface area (Å²) in [6.45, 7) is 5.36. The molecule has 0 fully saturated rings. The number of nitrogens with zero attached hydrogens (tertiary/aromatic N) is 1. The van der Waals surface area contributed by atoms with Crippen molar-refractivity contribution in [2.75, 3.05) is 6.54 Å². The molecule has 0 bridgehead atoms. The number of rotatable bonds is 13. The highest BCUT2D eigenvalue weighted by Crippen LogP contribution is 2.17. The van der Waals surface area contributed by atoms with E-state index in [2.05, 4.69) is 16.0 Å². The van der Waals surface area contributed by atoms with Gasteiger partial charge in [-0.05, 0) is 43.9 Å². The monoisotopic (exact) mass is 520 g/mol. The second kappa shape index (κ2) is 15.5. The molecule has 4 amide bonds. The number of hydrogen-bond donors (Lipinski definition) is 5. The predicted octanol–water partition coefficient (Wildman–Crippen LogP) is 1.56. The predicted molar refractivity (Wildman–Crippen MR) is 133 cm³/mol. The van der Waals surface area contributed by atoms with Gasteiger partial charge in [0, 0.05) is 18.7 Å². The molecule has 0 unspecified atom stereocenters. The number of urea groups is 1. The molecule has 0 saturated heterocycles. The van der Waals surface area contributed by atoms with Crippen LogP contribution in [0.2, 0.25) is 0 Å². The molecule has 1 rings (SSSR count). The summed E-state index contributed by atoms with van der Waals surface area (Å²) in [7, 11) is 0. The first kappa shape index (κ1) is 30.6. The van der Waals surface area contributed by atoms with Crippen molar-refractivity contribution >= 4 is 29.7 Å². The fraction of sp³-hybridized carbons (Fsp3) is 0.391. The number of carbonyl (C=O) groups is 4. The molecule has 37 heavy (non-hydrogen) atoms. The molecule has 0 aliphatic carbocycles. The van der Waals surface area contributed by atoms with Gasteiger partial charge < -0.3 is 36.9 Å². The molecule has 0 saturated carbocycles. The summed E-state index contributed by atoms with van der Waals surface area (Å²) in [6.07, 6.45) is 3.24. The number of amides is 4. The van der Waals surface area contributed by atoms with Crippen LogP contribution in [-0.2, 0) is 14.3 Å². The Hall–Kier alpha value is -4.46. The summed E-state index contributed by atoms with van der Waals surface area (Å²) in [5.41, 5.74) is 10.8. The zero-order chi connectivity index (χ0) is 28.0. The number of benzene rings is 1. The maximum absolute atomic E-state index is 12.9. The van der Waals surface area contributed by atoms with E-state index in [4.69, 9.17) is 20.9 Å². The van der Waals surface area contributed by atoms with E-state index in [9.17, 15) is 29.3 Å². The van der Waals surface area contributed by atoms with Crippen LogP contribution in [0.15, 0.2) is 48.4 Å². The normalized spacial score (nSPS) is 12.9. The third kappa shape index (κ3) is 11.7. The largest absolute Gasteiger partial charge is 0.518 e. The molecule has 0 heterocycles. The molecule has 0 radical (unpaired) electrons. The van der Waals surface area contributed by atoms with Crippen LogP contribution in [0, 0.1) is 16.0 Å². The van der Waals surface area contributed by atoms with E-state index < -0.39 is 41.0 Å². The van der Waals surface area contributed by atoms with Crippen LogP contribution in [0.5, 0.6) is 5.75 Å². The maximum Gasteiger partial charge on any atom is 0.518 e. The van der Waals surface area contributed by atoms with Crippen LogP contribution in [-0.4, -0.2) is 47.6 Å². The van der Waals surface area contributed by atoms with E-state index in [-0.39, 0.29) is 36.0 Å². The van der Waals surface area contributed by atoms with Crippen molar-refractivity contribution in [2.24, 2.45) is 17.4 Å².